The van der Waals surface area contributed by atoms with Crippen molar-refractivity contribution in [3.63, 3.8) is 0 Å². The Kier molecular flexibility index (Phi) is 3.98. The summed E-state index contributed by atoms with van der Waals surface area (Å²) in [6.07, 6.45) is 9.97. The zero-order valence-corrected chi connectivity index (χ0v) is 16.3. The van der Waals surface area contributed by atoms with Crippen molar-refractivity contribution in [2.24, 2.45) is 11.8 Å². The first-order valence-electron chi connectivity index (χ1n) is 10.0. The van der Waals surface area contributed by atoms with Gasteiger partial charge in [0.1, 0.15) is 12.0 Å². The van der Waals surface area contributed by atoms with Crippen molar-refractivity contribution < 1.29 is 0 Å². The fourth-order valence-electron chi connectivity index (χ4n) is 5.29. The van der Waals surface area contributed by atoms with Crippen molar-refractivity contribution in [1.82, 2.24) is 29.6 Å². The van der Waals surface area contributed by atoms with Crippen LogP contribution < -0.4 is 0 Å². The van der Waals surface area contributed by atoms with Crippen LogP contribution in [0.3, 0.4) is 0 Å². The number of H-pyrrole nitrogens is 1. The summed E-state index contributed by atoms with van der Waals surface area (Å²) in [5, 5.41) is 15.3. The van der Waals surface area contributed by atoms with E-state index in [9.17, 15) is 5.26 Å². The van der Waals surface area contributed by atoms with Gasteiger partial charge in [0.15, 0.2) is 0 Å². The van der Waals surface area contributed by atoms with Crippen molar-refractivity contribution in [2.45, 2.75) is 44.7 Å². The van der Waals surface area contributed by atoms with E-state index in [-0.39, 0.29) is 5.54 Å². The Bertz CT molecular complexity index is 1030. The molecule has 3 aromatic heterocycles. The van der Waals surface area contributed by atoms with Crippen molar-refractivity contribution in [2.75, 3.05) is 13.1 Å². The lowest BCUT2D eigenvalue weighted by molar-refractivity contribution is 0.199. The molecular weight excluding hydrogens is 350 g/mol. The summed E-state index contributed by atoms with van der Waals surface area (Å²) in [6, 6.07) is 5.03. The molecule has 0 aromatic carbocycles. The van der Waals surface area contributed by atoms with Gasteiger partial charge in [0.05, 0.1) is 29.9 Å². The van der Waals surface area contributed by atoms with Crippen LogP contribution in [-0.4, -0.2) is 48.8 Å². The smallest absolute Gasteiger partial charge is 0.141 e. The van der Waals surface area contributed by atoms with Gasteiger partial charge in [-0.25, -0.2) is 9.97 Å². The summed E-state index contributed by atoms with van der Waals surface area (Å²) in [5.74, 6) is 1.30. The summed E-state index contributed by atoms with van der Waals surface area (Å²) < 4.78 is 2.06. The largest absolute Gasteiger partial charge is 0.346 e. The quantitative estimate of drug-likeness (QED) is 0.757. The molecule has 0 bridgehead atoms. The molecule has 3 aromatic rings. The van der Waals surface area contributed by atoms with E-state index in [0.29, 0.717) is 24.3 Å². The third kappa shape index (κ3) is 2.63. The third-order valence-electron chi connectivity index (χ3n) is 6.72. The Hall–Kier alpha value is -2.72. The van der Waals surface area contributed by atoms with E-state index in [1.165, 1.54) is 0 Å². The predicted molar refractivity (Wildman–Crippen MR) is 106 cm³/mol. The lowest BCUT2D eigenvalue weighted by atomic mass is 9.92. The lowest BCUT2D eigenvalue weighted by Gasteiger charge is -2.30. The Morgan fingerprint density at radius 3 is 2.79 bits per heavy atom. The average molecular weight is 375 g/mol. The fourth-order valence-corrected chi connectivity index (χ4v) is 5.29. The summed E-state index contributed by atoms with van der Waals surface area (Å²) >= 11 is 0. The monoisotopic (exact) mass is 375 g/mol. The molecule has 144 valence electrons. The van der Waals surface area contributed by atoms with E-state index < -0.39 is 0 Å². The first kappa shape index (κ1) is 17.4. The van der Waals surface area contributed by atoms with E-state index in [1.807, 2.05) is 18.5 Å². The zero-order chi connectivity index (χ0) is 19.3. The van der Waals surface area contributed by atoms with Gasteiger partial charge in [0.25, 0.3) is 0 Å². The molecule has 28 heavy (non-hydrogen) atoms. The van der Waals surface area contributed by atoms with Crippen LogP contribution in [0.2, 0.25) is 0 Å². The van der Waals surface area contributed by atoms with Gasteiger partial charge in [0.2, 0.25) is 0 Å². The van der Waals surface area contributed by atoms with Crippen LogP contribution in [0.5, 0.6) is 0 Å². The first-order valence-corrected chi connectivity index (χ1v) is 10.0. The minimum Gasteiger partial charge on any atom is -0.346 e. The molecule has 1 aliphatic heterocycles. The molecule has 5 rings (SSSR count). The molecular formula is C21H25N7. The molecule has 7 nitrogen and oxygen atoms in total. The minimum atomic E-state index is -0.199. The average Bonchev–Trinajstić information content (AvgIpc) is 3.43. The maximum Gasteiger partial charge on any atom is 0.141 e. The van der Waals surface area contributed by atoms with Crippen molar-refractivity contribution >= 4 is 11.0 Å². The lowest BCUT2D eigenvalue weighted by Crippen LogP contribution is -2.35. The maximum atomic E-state index is 9.57. The molecule has 0 spiro atoms. The Balaban J connectivity index is 1.47. The maximum absolute atomic E-state index is 9.57. The number of hydrogen-bond donors (Lipinski definition) is 1. The highest BCUT2D eigenvalue weighted by atomic mass is 15.3. The van der Waals surface area contributed by atoms with Gasteiger partial charge < -0.3 is 9.88 Å². The summed E-state index contributed by atoms with van der Waals surface area (Å²) in [6.45, 7) is 6.82. The molecule has 7 heteroatoms. The number of aromatic nitrogens is 5. The van der Waals surface area contributed by atoms with Crippen molar-refractivity contribution in [3.05, 3.63) is 31.0 Å². The molecule has 0 unspecified atom stereocenters. The SMILES string of the molecule is CC(C)N1C[C@@H]2C[C@@](CC#N)(n3cc(-c4ncnc5[nH]ccc45)cn3)C[C@@H]2C1. The van der Waals surface area contributed by atoms with Gasteiger partial charge >= 0.3 is 0 Å². The molecule has 1 N–H and O–H groups in total. The Labute approximate surface area is 164 Å². The predicted octanol–water partition coefficient (Wildman–Crippen LogP) is 3.18. The van der Waals surface area contributed by atoms with Gasteiger partial charge in [-0.1, -0.05) is 0 Å². The third-order valence-corrected chi connectivity index (χ3v) is 6.72. The van der Waals surface area contributed by atoms with Gasteiger partial charge in [-0.05, 0) is 44.6 Å². The number of hydrogen-bond acceptors (Lipinski definition) is 5. The molecule has 1 aliphatic carbocycles. The molecule has 3 atom stereocenters. The molecule has 1 saturated carbocycles. The standard InChI is InChI=1S/C21H25N7/c1-14(2)27-10-15-7-21(4-5-22,8-16(15)11-27)28-12-17(9-26-28)19-18-3-6-23-20(18)25-13-24-19/h3,6,9,12-16H,4,7-8,10-11H2,1-2H3,(H,23,24,25)/t15-,16+,21+. The highest BCUT2D eigenvalue weighted by Gasteiger charge is 2.50. The van der Waals surface area contributed by atoms with Crippen molar-refractivity contribution in [1.29, 1.82) is 5.26 Å². The number of likely N-dealkylation sites (tertiary alicyclic amines) is 1. The molecule has 4 heterocycles. The van der Waals surface area contributed by atoms with Gasteiger partial charge in [-0.15, -0.1) is 0 Å². The van der Waals surface area contributed by atoms with Gasteiger partial charge in [-0.2, -0.15) is 10.4 Å². The molecule has 2 aliphatic rings. The van der Waals surface area contributed by atoms with Crippen LogP contribution in [0, 0.1) is 23.2 Å². The number of fused-ring (bicyclic) bond motifs is 2. The van der Waals surface area contributed by atoms with Crippen molar-refractivity contribution in [3.8, 4) is 17.3 Å². The van der Waals surface area contributed by atoms with E-state index in [2.05, 4.69) is 50.6 Å². The van der Waals surface area contributed by atoms with Gasteiger partial charge in [0, 0.05) is 42.5 Å². The van der Waals surface area contributed by atoms with Crippen LogP contribution >= 0.6 is 0 Å². The van der Waals surface area contributed by atoms with E-state index >= 15 is 0 Å². The highest BCUT2D eigenvalue weighted by Crippen LogP contribution is 2.50. The summed E-state index contributed by atoms with van der Waals surface area (Å²) in [5.41, 5.74) is 2.49. The summed E-state index contributed by atoms with van der Waals surface area (Å²) in [4.78, 5) is 14.5. The van der Waals surface area contributed by atoms with Crippen LogP contribution in [0.1, 0.15) is 33.1 Å². The molecule has 2 fully saturated rings. The number of nitrogens with one attached hydrogen (secondary N) is 1. The molecule has 0 amide bonds. The van der Waals surface area contributed by atoms with Crippen LogP contribution in [0.25, 0.3) is 22.3 Å². The van der Waals surface area contributed by atoms with Crippen LogP contribution in [-0.2, 0) is 5.54 Å². The topological polar surface area (TPSA) is 86.4 Å². The molecule has 1 saturated heterocycles. The Morgan fingerprint density at radius 2 is 2.07 bits per heavy atom. The van der Waals surface area contributed by atoms with Crippen LogP contribution in [0.4, 0.5) is 0 Å². The second-order valence-corrected chi connectivity index (χ2v) is 8.67. The van der Waals surface area contributed by atoms with E-state index in [4.69, 9.17) is 5.10 Å². The number of aromatic amines is 1. The first-order chi connectivity index (χ1) is 13.6. The molecule has 0 radical (unpaired) electrons. The van der Waals surface area contributed by atoms with E-state index in [0.717, 1.165) is 48.2 Å². The second kappa shape index (κ2) is 6.42. The number of nitrogens with zero attached hydrogens (tertiary/aromatic N) is 6. The van der Waals surface area contributed by atoms with Gasteiger partial charge in [-0.3, -0.25) is 4.68 Å². The second-order valence-electron chi connectivity index (χ2n) is 8.67. The van der Waals surface area contributed by atoms with E-state index in [1.54, 1.807) is 6.33 Å². The zero-order valence-electron chi connectivity index (χ0n) is 16.3. The Morgan fingerprint density at radius 1 is 1.29 bits per heavy atom. The number of rotatable bonds is 4. The number of nitriles is 1. The summed E-state index contributed by atoms with van der Waals surface area (Å²) in [7, 11) is 0. The highest BCUT2D eigenvalue weighted by molar-refractivity contribution is 5.89. The minimum absolute atomic E-state index is 0.199. The fraction of sp³-hybridized carbons (Fsp3) is 0.524. The van der Waals surface area contributed by atoms with Crippen LogP contribution in [0.15, 0.2) is 31.0 Å². The normalized spacial score (nSPS) is 27.5.